The first-order chi connectivity index (χ1) is 12.5. The number of rotatable bonds is 5. The molecule has 1 amide bonds. The van der Waals surface area contributed by atoms with Gasteiger partial charge < -0.3 is 10.6 Å². The fraction of sp³-hybridized carbons (Fsp3) is 0.190. The van der Waals surface area contributed by atoms with Crippen molar-refractivity contribution in [1.82, 2.24) is 9.97 Å². The Morgan fingerprint density at radius 1 is 0.923 bits per heavy atom. The second kappa shape index (κ2) is 7.78. The third-order valence-electron chi connectivity index (χ3n) is 4.39. The molecule has 132 valence electrons. The Balaban J connectivity index is 1.69. The summed E-state index contributed by atoms with van der Waals surface area (Å²) < 4.78 is 0. The predicted molar refractivity (Wildman–Crippen MR) is 104 cm³/mol. The van der Waals surface area contributed by atoms with Gasteiger partial charge in [0.2, 0.25) is 0 Å². The zero-order valence-corrected chi connectivity index (χ0v) is 15.2. The fourth-order valence-electron chi connectivity index (χ4n) is 2.59. The van der Waals surface area contributed by atoms with Gasteiger partial charge in [-0.3, -0.25) is 4.79 Å². The molecule has 2 aromatic carbocycles. The number of amides is 1. The Bertz CT molecular complexity index is 937. The number of hydrogen-bond donors (Lipinski definition) is 2. The third-order valence-corrected chi connectivity index (χ3v) is 4.39. The second-order valence-electron chi connectivity index (χ2n) is 6.32. The Morgan fingerprint density at radius 2 is 1.73 bits per heavy atom. The largest absolute Gasteiger partial charge is 0.366 e. The lowest BCUT2D eigenvalue weighted by Gasteiger charge is -2.10. The summed E-state index contributed by atoms with van der Waals surface area (Å²) in [5.74, 6) is 0.364. The molecular weight excluding hydrogens is 324 g/mol. The molecule has 0 spiro atoms. The van der Waals surface area contributed by atoms with Crippen molar-refractivity contribution < 1.29 is 4.79 Å². The van der Waals surface area contributed by atoms with Crippen molar-refractivity contribution in [3.63, 3.8) is 0 Å². The van der Waals surface area contributed by atoms with Crippen molar-refractivity contribution in [2.75, 3.05) is 10.6 Å². The van der Waals surface area contributed by atoms with Crippen LogP contribution in [0.25, 0.3) is 0 Å². The fourth-order valence-corrected chi connectivity index (χ4v) is 2.59. The topological polar surface area (TPSA) is 66.9 Å². The van der Waals surface area contributed by atoms with Crippen molar-refractivity contribution in [2.45, 2.75) is 27.3 Å². The van der Waals surface area contributed by atoms with Gasteiger partial charge in [-0.1, -0.05) is 30.3 Å². The van der Waals surface area contributed by atoms with Gasteiger partial charge in [0.25, 0.3) is 5.91 Å². The predicted octanol–water partition coefficient (Wildman–Crippen LogP) is 4.27. The minimum Gasteiger partial charge on any atom is -0.366 e. The minimum absolute atomic E-state index is 0.255. The van der Waals surface area contributed by atoms with Crippen LogP contribution in [0.15, 0.2) is 54.9 Å². The van der Waals surface area contributed by atoms with E-state index in [2.05, 4.69) is 39.7 Å². The summed E-state index contributed by atoms with van der Waals surface area (Å²) in [4.78, 5) is 20.7. The summed E-state index contributed by atoms with van der Waals surface area (Å²) in [6, 6.07) is 15.6. The summed E-state index contributed by atoms with van der Waals surface area (Å²) in [7, 11) is 0. The minimum atomic E-state index is -0.255. The number of benzene rings is 2. The maximum atomic E-state index is 12.5. The molecule has 26 heavy (non-hydrogen) atoms. The second-order valence-corrected chi connectivity index (χ2v) is 6.32. The first-order valence-corrected chi connectivity index (χ1v) is 8.52. The van der Waals surface area contributed by atoms with Gasteiger partial charge in [0, 0.05) is 18.3 Å². The van der Waals surface area contributed by atoms with Gasteiger partial charge in [-0.15, -0.1) is 0 Å². The van der Waals surface area contributed by atoms with Gasteiger partial charge in [-0.05, 0) is 55.2 Å². The van der Waals surface area contributed by atoms with Crippen LogP contribution in [0.1, 0.15) is 32.7 Å². The van der Waals surface area contributed by atoms with Crippen LogP contribution in [-0.2, 0) is 6.54 Å². The Hall–Kier alpha value is -3.21. The summed E-state index contributed by atoms with van der Waals surface area (Å²) in [6.45, 7) is 6.77. The molecule has 0 aliphatic rings. The van der Waals surface area contributed by atoms with Crippen LogP contribution < -0.4 is 10.6 Å². The molecule has 0 atom stereocenters. The maximum Gasteiger partial charge on any atom is 0.274 e. The van der Waals surface area contributed by atoms with Crippen LogP contribution in [0.3, 0.4) is 0 Å². The summed E-state index contributed by atoms with van der Waals surface area (Å²) >= 11 is 0. The molecule has 0 aliphatic heterocycles. The number of nitrogens with zero attached hydrogens (tertiary/aromatic N) is 2. The van der Waals surface area contributed by atoms with E-state index in [1.54, 1.807) is 6.07 Å². The number of hydrogen-bond acceptors (Lipinski definition) is 4. The van der Waals surface area contributed by atoms with Gasteiger partial charge in [0.1, 0.15) is 17.8 Å². The van der Waals surface area contributed by atoms with Gasteiger partial charge in [-0.2, -0.15) is 0 Å². The van der Waals surface area contributed by atoms with E-state index in [1.165, 1.54) is 23.0 Å². The molecular formula is C21H22N4O. The van der Waals surface area contributed by atoms with E-state index in [-0.39, 0.29) is 5.91 Å². The van der Waals surface area contributed by atoms with Gasteiger partial charge in [0.15, 0.2) is 0 Å². The molecule has 1 heterocycles. The van der Waals surface area contributed by atoms with E-state index >= 15 is 0 Å². The first-order valence-electron chi connectivity index (χ1n) is 8.52. The van der Waals surface area contributed by atoms with Gasteiger partial charge >= 0.3 is 0 Å². The Labute approximate surface area is 153 Å². The molecule has 0 fully saturated rings. The van der Waals surface area contributed by atoms with E-state index in [0.29, 0.717) is 18.1 Å². The van der Waals surface area contributed by atoms with Crippen LogP contribution >= 0.6 is 0 Å². The average Bonchev–Trinajstić information content (AvgIpc) is 2.64. The van der Waals surface area contributed by atoms with Crippen LogP contribution in [-0.4, -0.2) is 15.9 Å². The van der Waals surface area contributed by atoms with Crippen LogP contribution in [0, 0.1) is 20.8 Å². The molecule has 0 radical (unpaired) electrons. The van der Waals surface area contributed by atoms with E-state index in [1.807, 2.05) is 44.2 Å². The van der Waals surface area contributed by atoms with Crippen LogP contribution in [0.2, 0.25) is 0 Å². The molecule has 0 unspecified atom stereocenters. The molecule has 1 aromatic heterocycles. The number of aryl methyl sites for hydroxylation is 3. The smallest absolute Gasteiger partial charge is 0.274 e. The van der Waals surface area contributed by atoms with Crippen LogP contribution in [0.5, 0.6) is 0 Å². The number of carbonyl (C=O) groups is 1. The zero-order valence-electron chi connectivity index (χ0n) is 15.2. The molecule has 0 aliphatic carbocycles. The molecule has 5 heteroatoms. The van der Waals surface area contributed by atoms with E-state index < -0.39 is 0 Å². The van der Waals surface area contributed by atoms with Gasteiger partial charge in [-0.25, -0.2) is 9.97 Å². The molecule has 3 rings (SSSR count). The molecule has 5 nitrogen and oxygen atoms in total. The monoisotopic (exact) mass is 346 g/mol. The maximum absolute atomic E-state index is 12.5. The molecule has 0 saturated carbocycles. The van der Waals surface area contributed by atoms with E-state index in [0.717, 1.165) is 11.3 Å². The Kier molecular flexibility index (Phi) is 5.27. The highest BCUT2D eigenvalue weighted by Gasteiger charge is 2.10. The normalized spacial score (nSPS) is 10.4. The summed E-state index contributed by atoms with van der Waals surface area (Å²) in [6.07, 6.45) is 1.40. The SMILES string of the molecule is Cc1ccc(NC(=O)c2cc(NCc3ccccc3C)ncn2)cc1C. The van der Waals surface area contributed by atoms with Crippen molar-refractivity contribution in [2.24, 2.45) is 0 Å². The number of aromatic nitrogens is 2. The van der Waals surface area contributed by atoms with Crippen molar-refractivity contribution in [1.29, 1.82) is 0 Å². The van der Waals surface area contributed by atoms with Crippen molar-refractivity contribution >= 4 is 17.4 Å². The number of anilines is 2. The number of carbonyl (C=O) groups excluding carboxylic acids is 1. The summed E-state index contributed by atoms with van der Waals surface area (Å²) in [5, 5.41) is 6.13. The highest BCUT2D eigenvalue weighted by atomic mass is 16.1. The first kappa shape index (κ1) is 17.6. The molecule has 3 aromatic rings. The molecule has 2 N–H and O–H groups in total. The average molecular weight is 346 g/mol. The lowest BCUT2D eigenvalue weighted by atomic mass is 10.1. The van der Waals surface area contributed by atoms with E-state index in [9.17, 15) is 4.79 Å². The van der Waals surface area contributed by atoms with Crippen LogP contribution in [0.4, 0.5) is 11.5 Å². The van der Waals surface area contributed by atoms with Crippen molar-refractivity contribution in [3.05, 3.63) is 82.8 Å². The number of nitrogens with one attached hydrogen (secondary N) is 2. The van der Waals surface area contributed by atoms with Crippen molar-refractivity contribution in [3.8, 4) is 0 Å². The summed E-state index contributed by atoms with van der Waals surface area (Å²) in [5.41, 5.74) is 5.80. The lowest BCUT2D eigenvalue weighted by Crippen LogP contribution is -2.15. The van der Waals surface area contributed by atoms with E-state index in [4.69, 9.17) is 0 Å². The standard InChI is InChI=1S/C21H22N4O/c1-14-8-9-18(10-16(14)3)25-21(26)19-11-20(24-13-23-19)22-12-17-7-5-4-6-15(17)2/h4-11,13H,12H2,1-3H3,(H,25,26)(H,22,23,24). The quantitative estimate of drug-likeness (QED) is 0.724. The molecule has 0 saturated heterocycles. The highest BCUT2D eigenvalue weighted by molar-refractivity contribution is 6.03. The Morgan fingerprint density at radius 3 is 2.50 bits per heavy atom. The highest BCUT2D eigenvalue weighted by Crippen LogP contribution is 2.16. The third kappa shape index (κ3) is 4.25. The molecule has 0 bridgehead atoms. The van der Waals surface area contributed by atoms with Gasteiger partial charge in [0.05, 0.1) is 0 Å². The lowest BCUT2D eigenvalue weighted by molar-refractivity contribution is 0.102. The zero-order chi connectivity index (χ0) is 18.5.